The summed E-state index contributed by atoms with van der Waals surface area (Å²) in [5.41, 5.74) is 1.92. The SMILES string of the molecule is CCOc1ccc(/C=C2/SC(=Nc3ccc(C(=O)OC)cc3)N(CC)C2=O)cc1OC. The van der Waals surface area contributed by atoms with Gasteiger partial charge in [0.15, 0.2) is 16.7 Å². The van der Waals surface area contributed by atoms with E-state index in [1.165, 1.54) is 18.9 Å². The minimum atomic E-state index is -0.407. The number of aliphatic imine (C=N–C) groups is 1. The summed E-state index contributed by atoms with van der Waals surface area (Å²) in [5, 5.41) is 0.586. The molecule has 0 unspecified atom stereocenters. The Labute approximate surface area is 185 Å². The Morgan fingerprint density at radius 3 is 2.45 bits per heavy atom. The molecule has 0 radical (unpaired) electrons. The molecule has 1 heterocycles. The molecule has 0 bridgehead atoms. The zero-order valence-corrected chi connectivity index (χ0v) is 18.7. The molecule has 0 spiro atoms. The lowest BCUT2D eigenvalue weighted by molar-refractivity contribution is -0.122. The molecule has 0 aliphatic carbocycles. The number of esters is 1. The summed E-state index contributed by atoms with van der Waals surface area (Å²) in [4.78, 5) is 31.3. The lowest BCUT2D eigenvalue weighted by Gasteiger charge is -2.12. The van der Waals surface area contributed by atoms with Crippen LogP contribution in [0.25, 0.3) is 6.08 Å². The standard InChI is InChI=1S/C23H24N2O5S/c1-5-25-21(26)20(14-15-7-12-18(30-6-2)19(13-15)28-3)31-23(25)24-17-10-8-16(9-11-17)22(27)29-4/h7-14H,5-6H2,1-4H3/b20-14+,24-23?. The number of likely N-dealkylation sites (N-methyl/N-ethyl adjacent to an activating group) is 1. The van der Waals surface area contributed by atoms with Gasteiger partial charge in [-0.1, -0.05) is 6.07 Å². The second-order valence-corrected chi connectivity index (χ2v) is 7.45. The van der Waals surface area contributed by atoms with Crippen molar-refractivity contribution in [1.82, 2.24) is 4.90 Å². The molecule has 1 amide bonds. The minimum Gasteiger partial charge on any atom is -0.493 e. The quantitative estimate of drug-likeness (QED) is 0.466. The van der Waals surface area contributed by atoms with Gasteiger partial charge in [0.1, 0.15) is 0 Å². The Hall–Kier alpha value is -3.26. The topological polar surface area (TPSA) is 77.4 Å². The number of hydrogen-bond acceptors (Lipinski definition) is 7. The second-order valence-electron chi connectivity index (χ2n) is 6.44. The highest BCUT2D eigenvalue weighted by Crippen LogP contribution is 2.35. The van der Waals surface area contributed by atoms with Gasteiger partial charge in [-0.15, -0.1) is 0 Å². The highest BCUT2D eigenvalue weighted by molar-refractivity contribution is 8.18. The number of rotatable bonds is 7. The summed E-state index contributed by atoms with van der Waals surface area (Å²) in [6.07, 6.45) is 1.82. The van der Waals surface area contributed by atoms with Crippen molar-refractivity contribution >= 4 is 40.6 Å². The normalized spacial score (nSPS) is 16.1. The summed E-state index contributed by atoms with van der Waals surface area (Å²) >= 11 is 1.31. The van der Waals surface area contributed by atoms with Crippen LogP contribution in [0.1, 0.15) is 29.8 Å². The molecule has 1 aliphatic heterocycles. The van der Waals surface area contributed by atoms with Crippen LogP contribution in [0.3, 0.4) is 0 Å². The molecule has 2 aromatic rings. The second kappa shape index (κ2) is 10.2. The Morgan fingerprint density at radius 2 is 1.84 bits per heavy atom. The van der Waals surface area contributed by atoms with E-state index in [0.29, 0.717) is 46.0 Å². The molecular formula is C23H24N2O5S. The van der Waals surface area contributed by atoms with E-state index in [1.54, 1.807) is 36.3 Å². The number of thioether (sulfide) groups is 1. The van der Waals surface area contributed by atoms with Gasteiger partial charge in [0.25, 0.3) is 5.91 Å². The van der Waals surface area contributed by atoms with Crippen molar-refractivity contribution in [2.45, 2.75) is 13.8 Å². The molecule has 2 aromatic carbocycles. The van der Waals surface area contributed by atoms with Crippen molar-refractivity contribution in [2.75, 3.05) is 27.4 Å². The van der Waals surface area contributed by atoms with Crippen LogP contribution >= 0.6 is 11.8 Å². The third-order valence-electron chi connectivity index (χ3n) is 4.50. The molecule has 0 saturated carbocycles. The van der Waals surface area contributed by atoms with Gasteiger partial charge in [-0.2, -0.15) is 0 Å². The maximum atomic E-state index is 12.9. The Bertz CT molecular complexity index is 1030. The average Bonchev–Trinajstić information content (AvgIpc) is 3.08. The van der Waals surface area contributed by atoms with Crippen LogP contribution in [0.5, 0.6) is 11.5 Å². The maximum Gasteiger partial charge on any atom is 0.337 e. The van der Waals surface area contributed by atoms with E-state index in [0.717, 1.165) is 5.56 Å². The van der Waals surface area contributed by atoms with Crippen LogP contribution in [-0.4, -0.2) is 49.3 Å². The van der Waals surface area contributed by atoms with Gasteiger partial charge >= 0.3 is 5.97 Å². The van der Waals surface area contributed by atoms with Gasteiger partial charge in [-0.05, 0) is 73.6 Å². The fraction of sp³-hybridized carbons (Fsp3) is 0.261. The minimum absolute atomic E-state index is 0.106. The van der Waals surface area contributed by atoms with E-state index in [2.05, 4.69) is 4.99 Å². The first-order valence-electron chi connectivity index (χ1n) is 9.80. The molecule has 1 aliphatic rings. The van der Waals surface area contributed by atoms with Crippen LogP contribution < -0.4 is 9.47 Å². The zero-order chi connectivity index (χ0) is 22.4. The zero-order valence-electron chi connectivity index (χ0n) is 17.9. The Kier molecular flexibility index (Phi) is 7.36. The molecule has 0 atom stereocenters. The predicted octanol–water partition coefficient (Wildman–Crippen LogP) is 4.50. The van der Waals surface area contributed by atoms with Crippen molar-refractivity contribution in [3.05, 3.63) is 58.5 Å². The number of ether oxygens (including phenoxy) is 3. The van der Waals surface area contributed by atoms with Gasteiger partial charge in [-0.3, -0.25) is 9.69 Å². The van der Waals surface area contributed by atoms with Crippen molar-refractivity contribution < 1.29 is 23.8 Å². The highest BCUT2D eigenvalue weighted by Gasteiger charge is 2.32. The molecule has 0 aromatic heterocycles. The number of amidine groups is 1. The van der Waals surface area contributed by atoms with Crippen LogP contribution in [0, 0.1) is 0 Å². The van der Waals surface area contributed by atoms with Gasteiger partial charge in [0.05, 0.1) is 37.0 Å². The fourth-order valence-electron chi connectivity index (χ4n) is 2.97. The Morgan fingerprint density at radius 1 is 1.10 bits per heavy atom. The Balaban J connectivity index is 1.87. The number of amides is 1. The number of methoxy groups -OCH3 is 2. The monoisotopic (exact) mass is 440 g/mol. The van der Waals surface area contributed by atoms with Gasteiger partial charge in [-0.25, -0.2) is 9.79 Å². The lowest BCUT2D eigenvalue weighted by Crippen LogP contribution is -2.28. The molecule has 162 valence electrons. The average molecular weight is 441 g/mol. The van der Waals surface area contributed by atoms with Gasteiger partial charge in [0, 0.05) is 6.54 Å². The van der Waals surface area contributed by atoms with Crippen molar-refractivity contribution in [3.63, 3.8) is 0 Å². The molecular weight excluding hydrogens is 416 g/mol. The largest absolute Gasteiger partial charge is 0.493 e. The smallest absolute Gasteiger partial charge is 0.337 e. The summed E-state index contributed by atoms with van der Waals surface area (Å²) < 4.78 is 15.7. The van der Waals surface area contributed by atoms with E-state index in [-0.39, 0.29) is 5.91 Å². The van der Waals surface area contributed by atoms with Crippen LogP contribution in [0.15, 0.2) is 52.4 Å². The fourth-order valence-corrected chi connectivity index (χ4v) is 4.03. The molecule has 8 heteroatoms. The lowest BCUT2D eigenvalue weighted by atomic mass is 10.2. The molecule has 31 heavy (non-hydrogen) atoms. The van der Waals surface area contributed by atoms with Crippen LogP contribution in [0.2, 0.25) is 0 Å². The number of carbonyl (C=O) groups excluding carboxylic acids is 2. The first-order chi connectivity index (χ1) is 15.0. The predicted molar refractivity (Wildman–Crippen MR) is 122 cm³/mol. The summed E-state index contributed by atoms with van der Waals surface area (Å²) in [6, 6.07) is 12.3. The van der Waals surface area contributed by atoms with E-state index >= 15 is 0 Å². The van der Waals surface area contributed by atoms with Crippen molar-refractivity contribution in [2.24, 2.45) is 4.99 Å². The van der Waals surface area contributed by atoms with Crippen LogP contribution in [-0.2, 0) is 9.53 Å². The summed E-state index contributed by atoms with van der Waals surface area (Å²) in [6.45, 7) is 4.84. The van der Waals surface area contributed by atoms with Gasteiger partial charge in [0.2, 0.25) is 0 Å². The molecule has 3 rings (SSSR count). The first-order valence-corrected chi connectivity index (χ1v) is 10.6. The summed E-state index contributed by atoms with van der Waals surface area (Å²) in [5.74, 6) is 0.755. The van der Waals surface area contributed by atoms with E-state index in [9.17, 15) is 9.59 Å². The van der Waals surface area contributed by atoms with Crippen molar-refractivity contribution in [1.29, 1.82) is 0 Å². The third-order valence-corrected chi connectivity index (χ3v) is 5.51. The molecule has 7 nitrogen and oxygen atoms in total. The molecule has 1 fully saturated rings. The highest BCUT2D eigenvalue weighted by atomic mass is 32.2. The van der Waals surface area contributed by atoms with Crippen molar-refractivity contribution in [3.8, 4) is 11.5 Å². The van der Waals surface area contributed by atoms with E-state index < -0.39 is 5.97 Å². The van der Waals surface area contributed by atoms with Gasteiger partial charge < -0.3 is 14.2 Å². The third kappa shape index (κ3) is 5.08. The van der Waals surface area contributed by atoms with E-state index in [1.807, 2.05) is 38.1 Å². The number of nitrogens with zero attached hydrogens (tertiary/aromatic N) is 2. The number of hydrogen-bond donors (Lipinski definition) is 0. The number of benzene rings is 2. The molecule has 0 N–H and O–H groups in total. The summed E-state index contributed by atoms with van der Waals surface area (Å²) in [7, 11) is 2.92. The first kappa shape index (κ1) is 22.4. The van der Waals surface area contributed by atoms with E-state index in [4.69, 9.17) is 14.2 Å². The molecule has 1 saturated heterocycles. The number of carbonyl (C=O) groups is 2. The van der Waals surface area contributed by atoms with Crippen LogP contribution in [0.4, 0.5) is 5.69 Å². The maximum absolute atomic E-state index is 12.9.